The lowest BCUT2D eigenvalue weighted by atomic mass is 9.83. The lowest BCUT2D eigenvalue weighted by Gasteiger charge is -2.23. The Hall–Kier alpha value is -2.81. The van der Waals surface area contributed by atoms with E-state index in [4.69, 9.17) is 4.74 Å². The second kappa shape index (κ2) is 14.4. The van der Waals surface area contributed by atoms with Gasteiger partial charge >= 0.3 is 5.97 Å². The summed E-state index contributed by atoms with van der Waals surface area (Å²) in [5.41, 5.74) is 6.43. The van der Waals surface area contributed by atoms with Crippen LogP contribution >= 0.6 is 22.7 Å². The first-order valence-electron chi connectivity index (χ1n) is 14.8. The van der Waals surface area contributed by atoms with Gasteiger partial charge in [-0.25, -0.2) is 9.78 Å². The van der Waals surface area contributed by atoms with Gasteiger partial charge in [-0.1, -0.05) is 57.4 Å². The van der Waals surface area contributed by atoms with Gasteiger partial charge in [0.2, 0.25) is 0 Å². The summed E-state index contributed by atoms with van der Waals surface area (Å²) >= 11 is 3.05. The maximum Gasteiger partial charge on any atom is 0.345 e. The van der Waals surface area contributed by atoms with Crippen molar-refractivity contribution >= 4 is 44.6 Å². The fraction of sp³-hybridized carbons (Fsp3) is 0.485. The Morgan fingerprint density at radius 1 is 1.00 bits per heavy atom. The number of aryl methyl sites for hydroxylation is 2. The van der Waals surface area contributed by atoms with Crippen molar-refractivity contribution in [2.45, 2.75) is 92.0 Å². The Morgan fingerprint density at radius 3 is 2.17 bits per heavy atom. The molecule has 0 radical (unpaired) electrons. The van der Waals surface area contributed by atoms with E-state index < -0.39 is 5.97 Å². The van der Waals surface area contributed by atoms with Crippen LogP contribution in [0.5, 0.6) is 0 Å². The van der Waals surface area contributed by atoms with E-state index in [-0.39, 0.29) is 12.3 Å². The lowest BCUT2D eigenvalue weighted by Crippen LogP contribution is -2.10. The fourth-order valence-corrected chi connectivity index (χ4v) is 7.74. The van der Waals surface area contributed by atoms with E-state index in [1.165, 1.54) is 41.0 Å². The number of ketones is 1. The normalized spacial score (nSPS) is 13.8. The molecule has 1 aromatic carbocycles. The highest BCUT2D eigenvalue weighted by Gasteiger charge is 2.29. The Balaban J connectivity index is 0.000000493. The van der Waals surface area contributed by atoms with E-state index in [2.05, 4.69) is 47.7 Å². The van der Waals surface area contributed by atoms with E-state index in [9.17, 15) is 14.7 Å². The number of carboxylic acids is 1. The highest BCUT2D eigenvalue weighted by molar-refractivity contribution is 7.21. The Morgan fingerprint density at radius 2 is 1.63 bits per heavy atom. The minimum atomic E-state index is -0.911. The van der Waals surface area contributed by atoms with Gasteiger partial charge in [-0.05, 0) is 75.1 Å². The van der Waals surface area contributed by atoms with Gasteiger partial charge in [0.05, 0.1) is 38.0 Å². The van der Waals surface area contributed by atoms with Crippen LogP contribution < -0.4 is 0 Å². The molecule has 3 aromatic heterocycles. The van der Waals surface area contributed by atoms with Crippen molar-refractivity contribution in [2.24, 2.45) is 0 Å². The first-order valence-corrected chi connectivity index (χ1v) is 16.4. The molecule has 6 nitrogen and oxygen atoms in total. The average Bonchev–Trinajstić information content (AvgIpc) is 3.62. The largest absolute Gasteiger partial charge is 0.477 e. The van der Waals surface area contributed by atoms with Crippen molar-refractivity contribution in [1.82, 2.24) is 9.55 Å². The molecule has 1 aliphatic carbocycles. The third kappa shape index (κ3) is 7.34. The van der Waals surface area contributed by atoms with Crippen LogP contribution in [-0.4, -0.2) is 39.6 Å². The first-order chi connectivity index (χ1) is 19.7. The molecule has 0 saturated heterocycles. The van der Waals surface area contributed by atoms with E-state index in [0.29, 0.717) is 10.8 Å². The molecule has 0 unspecified atom stereocenters. The number of rotatable bonds is 10. The summed E-state index contributed by atoms with van der Waals surface area (Å²) in [6, 6.07) is 10.3. The fourth-order valence-electron chi connectivity index (χ4n) is 5.69. The number of carbonyl (C=O) groups excluding carboxylic acids is 1. The minimum absolute atomic E-state index is 0.0591. The summed E-state index contributed by atoms with van der Waals surface area (Å²) in [5, 5.41) is 10.7. The summed E-state index contributed by atoms with van der Waals surface area (Å²) in [6.07, 6.45) is 8.09. The molecular weight excluding hydrogens is 553 g/mol. The third-order valence-corrected chi connectivity index (χ3v) is 9.67. The topological polar surface area (TPSA) is 81.4 Å². The van der Waals surface area contributed by atoms with Crippen molar-refractivity contribution in [3.63, 3.8) is 0 Å². The second-order valence-electron chi connectivity index (χ2n) is 10.9. The summed E-state index contributed by atoms with van der Waals surface area (Å²) in [5.74, 6) is -0.471. The lowest BCUT2D eigenvalue weighted by molar-refractivity contribution is -0.117. The number of benzene rings is 1. The van der Waals surface area contributed by atoms with Gasteiger partial charge in [-0.15, -0.1) is 22.7 Å². The first kappa shape index (κ1) is 31.1. The highest BCUT2D eigenvalue weighted by atomic mass is 32.1. The molecule has 0 atom stereocenters. The van der Waals surface area contributed by atoms with Crippen molar-refractivity contribution in [3.05, 3.63) is 51.5 Å². The van der Waals surface area contributed by atoms with E-state index in [1.807, 2.05) is 13.8 Å². The van der Waals surface area contributed by atoms with Gasteiger partial charge < -0.3 is 14.4 Å². The number of fused-ring (bicyclic) bond motifs is 1. The maximum atomic E-state index is 12.3. The third-order valence-electron chi connectivity index (χ3n) is 7.40. The summed E-state index contributed by atoms with van der Waals surface area (Å²) in [7, 11) is 0. The second-order valence-corrected chi connectivity index (χ2v) is 13.1. The van der Waals surface area contributed by atoms with Crippen LogP contribution in [0.4, 0.5) is 0 Å². The van der Waals surface area contributed by atoms with Crippen LogP contribution in [0.1, 0.15) is 97.6 Å². The molecule has 0 bridgehead atoms. The van der Waals surface area contributed by atoms with Gasteiger partial charge in [0.25, 0.3) is 0 Å². The zero-order valence-corrected chi connectivity index (χ0v) is 26.6. The zero-order valence-electron chi connectivity index (χ0n) is 24.9. The van der Waals surface area contributed by atoms with Gasteiger partial charge in [0.15, 0.2) is 0 Å². The molecule has 1 N–H and O–H groups in total. The molecule has 8 heteroatoms. The molecule has 1 fully saturated rings. The van der Waals surface area contributed by atoms with Gasteiger partial charge in [-0.3, -0.25) is 4.79 Å². The van der Waals surface area contributed by atoms with Crippen LogP contribution in [-0.2, 0) is 16.1 Å². The number of nitrogens with zero attached hydrogens (tertiary/aromatic N) is 2. The predicted octanol–water partition coefficient (Wildman–Crippen LogP) is 9.27. The smallest absolute Gasteiger partial charge is 0.345 e. The maximum absolute atomic E-state index is 12.3. The van der Waals surface area contributed by atoms with Crippen molar-refractivity contribution in [3.8, 4) is 21.7 Å². The van der Waals surface area contributed by atoms with E-state index >= 15 is 0 Å². The standard InChI is InChI=1S/C27H28N2O3S2.C6H14O/c1-15(30)14-29-21-13-22(27(31)32)34-26(21)23(18-7-5-4-6-8-18)24(29)19-9-11-20(12-10-19)25-16(2)28-17(3)33-25;1-3-5-7-6-4-2/h9-13,18H,4-8,14H2,1-3H3,(H,31,32);3-6H2,1-2H3. The molecule has 0 spiro atoms. The summed E-state index contributed by atoms with van der Waals surface area (Å²) in [6.45, 7) is 12.0. The van der Waals surface area contributed by atoms with Gasteiger partial charge in [0.1, 0.15) is 10.7 Å². The number of carboxylic acid groups (broad SMARTS) is 1. The van der Waals surface area contributed by atoms with Crippen LogP contribution in [0.3, 0.4) is 0 Å². The number of aromatic nitrogens is 2. The number of aromatic carboxylic acids is 1. The van der Waals surface area contributed by atoms with Crippen LogP contribution in [0.2, 0.25) is 0 Å². The monoisotopic (exact) mass is 594 g/mol. The number of carbonyl (C=O) groups is 2. The van der Waals surface area contributed by atoms with E-state index in [1.54, 1.807) is 24.3 Å². The number of hydrogen-bond donors (Lipinski definition) is 1. The predicted molar refractivity (Wildman–Crippen MR) is 171 cm³/mol. The molecule has 1 saturated carbocycles. The minimum Gasteiger partial charge on any atom is -0.477 e. The van der Waals surface area contributed by atoms with Crippen LogP contribution in [0, 0.1) is 13.8 Å². The van der Waals surface area contributed by atoms with Crippen molar-refractivity contribution in [2.75, 3.05) is 13.2 Å². The Kier molecular flexibility index (Phi) is 10.9. The zero-order chi connectivity index (χ0) is 29.5. The van der Waals surface area contributed by atoms with Gasteiger partial charge in [0, 0.05) is 13.2 Å². The number of thiazole rings is 1. The van der Waals surface area contributed by atoms with E-state index in [0.717, 1.165) is 76.6 Å². The molecule has 0 aliphatic heterocycles. The highest BCUT2D eigenvalue weighted by Crippen LogP contribution is 2.47. The SMILES string of the molecule is CC(=O)Cn1c(-c2ccc(-c3sc(C)nc3C)cc2)c(C2CCCCC2)c2sc(C(=O)O)cc21.CCCOCCC. The molecule has 4 aromatic rings. The van der Waals surface area contributed by atoms with Crippen LogP contribution in [0.15, 0.2) is 30.3 Å². The molecule has 220 valence electrons. The van der Waals surface area contributed by atoms with Crippen LogP contribution in [0.25, 0.3) is 31.9 Å². The number of ether oxygens (including phenoxy) is 1. The average molecular weight is 595 g/mol. The quantitative estimate of drug-likeness (QED) is 0.185. The molecule has 0 amide bonds. The molecule has 1 aliphatic rings. The summed E-state index contributed by atoms with van der Waals surface area (Å²) < 4.78 is 8.22. The molecule has 5 rings (SSSR count). The molecular formula is C33H42N2O4S2. The number of thiophene rings is 1. The van der Waals surface area contributed by atoms with Crippen molar-refractivity contribution < 1.29 is 19.4 Å². The summed E-state index contributed by atoms with van der Waals surface area (Å²) in [4.78, 5) is 30.2. The number of Topliss-reactive ketones (excluding diaryl/α,β-unsaturated/α-hetero) is 1. The molecule has 41 heavy (non-hydrogen) atoms. The molecule has 3 heterocycles. The number of hydrogen-bond acceptors (Lipinski definition) is 6. The Bertz CT molecular complexity index is 1470. The van der Waals surface area contributed by atoms with Crippen molar-refractivity contribution in [1.29, 1.82) is 0 Å². The van der Waals surface area contributed by atoms with Gasteiger partial charge in [-0.2, -0.15) is 0 Å². The Labute approximate surface area is 251 Å².